The molecule has 0 fully saturated rings. The van der Waals surface area contributed by atoms with Crippen molar-refractivity contribution in [1.82, 2.24) is 0 Å². The molecule has 0 unspecified atom stereocenters. The fraction of sp³-hybridized carbons (Fsp3) is 0.200. The summed E-state index contributed by atoms with van der Waals surface area (Å²) >= 11 is 0. The van der Waals surface area contributed by atoms with Crippen molar-refractivity contribution in [2.75, 3.05) is 11.9 Å². The van der Waals surface area contributed by atoms with Gasteiger partial charge in [-0.15, -0.1) is 0 Å². The van der Waals surface area contributed by atoms with Gasteiger partial charge in [0, 0.05) is 12.7 Å². The fourth-order valence-electron chi connectivity index (χ4n) is 1.27. The lowest BCUT2D eigenvalue weighted by atomic mass is 10.1. The first-order valence-electron chi connectivity index (χ1n) is 4.35. The number of anilines is 1. The Morgan fingerprint density at radius 1 is 1.40 bits per heavy atom. The highest BCUT2D eigenvalue weighted by Gasteiger charge is 2.12. The number of carboxylic acids is 1. The predicted octanol–water partition coefficient (Wildman–Crippen LogP) is 0.829. The molecule has 3 N–H and O–H groups in total. The third-order valence-corrected chi connectivity index (χ3v) is 2.03. The number of hydrogen-bond acceptors (Lipinski definition) is 2. The van der Waals surface area contributed by atoms with E-state index in [1.165, 1.54) is 11.9 Å². The third kappa shape index (κ3) is 2.70. The Bertz CT molecular complexity index is 390. The van der Waals surface area contributed by atoms with Crippen LogP contribution in [0.1, 0.15) is 5.56 Å². The van der Waals surface area contributed by atoms with Crippen LogP contribution in [0.2, 0.25) is 0 Å². The smallest absolute Gasteiger partial charge is 0.319 e. The second kappa shape index (κ2) is 4.45. The third-order valence-electron chi connectivity index (χ3n) is 2.03. The predicted molar refractivity (Wildman–Crippen MR) is 55.8 cm³/mol. The fourth-order valence-corrected chi connectivity index (χ4v) is 1.27. The first-order chi connectivity index (χ1) is 7.02. The van der Waals surface area contributed by atoms with Crippen LogP contribution in [-0.4, -0.2) is 24.2 Å². The molecule has 0 aliphatic rings. The maximum absolute atomic E-state index is 10.9. The summed E-state index contributed by atoms with van der Waals surface area (Å²) in [6, 6.07) is 6.13. The van der Waals surface area contributed by atoms with Gasteiger partial charge in [-0.05, 0) is 11.6 Å². The van der Waals surface area contributed by atoms with E-state index in [2.05, 4.69) is 0 Å². The largest absolute Gasteiger partial charge is 0.481 e. The van der Waals surface area contributed by atoms with Gasteiger partial charge in [0.1, 0.15) is 0 Å². The number of urea groups is 1. The molecular weight excluding hydrogens is 196 g/mol. The molecule has 5 nitrogen and oxygen atoms in total. The first-order valence-corrected chi connectivity index (χ1v) is 4.35. The van der Waals surface area contributed by atoms with Crippen molar-refractivity contribution < 1.29 is 14.7 Å². The maximum atomic E-state index is 10.9. The number of nitrogens with zero attached hydrogens (tertiary/aromatic N) is 1. The molecule has 0 atom stereocenters. The number of benzene rings is 1. The number of carbonyl (C=O) groups is 2. The summed E-state index contributed by atoms with van der Waals surface area (Å²) in [5.41, 5.74) is 6.19. The van der Waals surface area contributed by atoms with E-state index in [9.17, 15) is 9.59 Å². The number of carbonyl (C=O) groups excluding carboxylic acids is 1. The molecule has 2 amide bonds. The molecular formula is C10H12N2O3. The van der Waals surface area contributed by atoms with Crippen LogP contribution >= 0.6 is 0 Å². The summed E-state index contributed by atoms with van der Waals surface area (Å²) in [4.78, 5) is 22.7. The molecule has 0 aliphatic carbocycles. The van der Waals surface area contributed by atoms with Gasteiger partial charge >= 0.3 is 12.0 Å². The van der Waals surface area contributed by atoms with Gasteiger partial charge in [-0.25, -0.2) is 4.79 Å². The Kier molecular flexibility index (Phi) is 3.28. The molecule has 5 heteroatoms. The van der Waals surface area contributed by atoms with Gasteiger partial charge in [-0.2, -0.15) is 0 Å². The summed E-state index contributed by atoms with van der Waals surface area (Å²) < 4.78 is 0. The summed E-state index contributed by atoms with van der Waals surface area (Å²) in [7, 11) is 1.50. The SMILES string of the molecule is CN(C(N)=O)c1ccccc1CC(=O)O. The van der Waals surface area contributed by atoms with E-state index in [1.807, 2.05) is 0 Å². The minimum Gasteiger partial charge on any atom is -0.481 e. The monoisotopic (exact) mass is 208 g/mol. The van der Waals surface area contributed by atoms with Gasteiger partial charge in [0.25, 0.3) is 0 Å². The van der Waals surface area contributed by atoms with Gasteiger partial charge in [-0.3, -0.25) is 9.69 Å². The number of amides is 2. The van der Waals surface area contributed by atoms with Gasteiger partial charge in [-0.1, -0.05) is 18.2 Å². The zero-order chi connectivity index (χ0) is 11.4. The van der Waals surface area contributed by atoms with E-state index >= 15 is 0 Å². The standard InChI is InChI=1S/C10H12N2O3/c1-12(10(11)15)8-5-3-2-4-7(8)6-9(13)14/h2-5H,6H2,1H3,(H2,11,15)(H,13,14). The van der Waals surface area contributed by atoms with Crippen LogP contribution in [0, 0.1) is 0 Å². The molecule has 0 radical (unpaired) electrons. The number of carboxylic acid groups (broad SMARTS) is 1. The molecule has 0 bridgehead atoms. The minimum atomic E-state index is -0.944. The second-order valence-electron chi connectivity index (χ2n) is 3.10. The quantitative estimate of drug-likeness (QED) is 0.771. The number of hydrogen-bond donors (Lipinski definition) is 2. The number of primary amides is 1. The van der Waals surface area contributed by atoms with Crippen molar-refractivity contribution in [3.05, 3.63) is 29.8 Å². The zero-order valence-corrected chi connectivity index (χ0v) is 8.30. The van der Waals surface area contributed by atoms with Gasteiger partial charge < -0.3 is 10.8 Å². The number of nitrogens with two attached hydrogens (primary N) is 1. The van der Waals surface area contributed by atoms with E-state index in [-0.39, 0.29) is 6.42 Å². The highest BCUT2D eigenvalue weighted by Crippen LogP contribution is 2.19. The molecule has 15 heavy (non-hydrogen) atoms. The van der Waals surface area contributed by atoms with Crippen LogP contribution in [-0.2, 0) is 11.2 Å². The topological polar surface area (TPSA) is 83.6 Å². The van der Waals surface area contributed by atoms with Crippen LogP contribution in [0.15, 0.2) is 24.3 Å². The van der Waals surface area contributed by atoms with Crippen LogP contribution < -0.4 is 10.6 Å². The average molecular weight is 208 g/mol. The highest BCUT2D eigenvalue weighted by atomic mass is 16.4. The highest BCUT2D eigenvalue weighted by molar-refractivity contribution is 5.91. The number of para-hydroxylation sites is 1. The Morgan fingerprint density at radius 3 is 2.53 bits per heavy atom. The zero-order valence-electron chi connectivity index (χ0n) is 8.30. The molecule has 0 heterocycles. The molecule has 1 rings (SSSR count). The van der Waals surface area contributed by atoms with Crippen LogP contribution in [0.5, 0.6) is 0 Å². The molecule has 0 saturated heterocycles. The normalized spacial score (nSPS) is 9.67. The van der Waals surface area contributed by atoms with Crippen molar-refractivity contribution in [2.24, 2.45) is 5.73 Å². The first kappa shape index (κ1) is 11.0. The van der Waals surface area contributed by atoms with Gasteiger partial charge in [0.05, 0.1) is 6.42 Å². The summed E-state index contributed by atoms with van der Waals surface area (Å²) in [5.74, 6) is -0.944. The maximum Gasteiger partial charge on any atom is 0.319 e. The van der Waals surface area contributed by atoms with Crippen LogP contribution in [0.3, 0.4) is 0 Å². The molecule has 0 spiro atoms. The van der Waals surface area contributed by atoms with E-state index < -0.39 is 12.0 Å². The van der Waals surface area contributed by atoms with Crippen molar-refractivity contribution in [3.8, 4) is 0 Å². The molecule has 0 saturated carbocycles. The number of aliphatic carboxylic acids is 1. The lowest BCUT2D eigenvalue weighted by molar-refractivity contribution is -0.136. The molecule has 1 aromatic carbocycles. The van der Waals surface area contributed by atoms with E-state index in [1.54, 1.807) is 24.3 Å². The summed E-state index contributed by atoms with van der Waals surface area (Å²) in [6.07, 6.45) is -0.131. The van der Waals surface area contributed by atoms with Gasteiger partial charge in [0.15, 0.2) is 0 Å². The Morgan fingerprint density at radius 2 is 2.00 bits per heavy atom. The Hall–Kier alpha value is -2.04. The van der Waals surface area contributed by atoms with Crippen molar-refractivity contribution >= 4 is 17.7 Å². The second-order valence-corrected chi connectivity index (χ2v) is 3.10. The minimum absolute atomic E-state index is 0.131. The van der Waals surface area contributed by atoms with Crippen molar-refractivity contribution in [3.63, 3.8) is 0 Å². The average Bonchev–Trinajstić information content (AvgIpc) is 2.16. The van der Waals surface area contributed by atoms with E-state index in [0.29, 0.717) is 11.3 Å². The molecule has 80 valence electrons. The lowest BCUT2D eigenvalue weighted by Gasteiger charge is -2.17. The lowest BCUT2D eigenvalue weighted by Crippen LogP contribution is -2.32. The summed E-state index contributed by atoms with van der Waals surface area (Å²) in [5, 5.41) is 8.68. The van der Waals surface area contributed by atoms with E-state index in [4.69, 9.17) is 10.8 Å². The molecule has 0 aromatic heterocycles. The Balaban J connectivity index is 3.05. The summed E-state index contributed by atoms with van der Waals surface area (Å²) in [6.45, 7) is 0. The van der Waals surface area contributed by atoms with Crippen molar-refractivity contribution in [2.45, 2.75) is 6.42 Å². The van der Waals surface area contributed by atoms with E-state index in [0.717, 1.165) is 0 Å². The van der Waals surface area contributed by atoms with Crippen LogP contribution in [0.25, 0.3) is 0 Å². The molecule has 1 aromatic rings. The van der Waals surface area contributed by atoms with Crippen LogP contribution in [0.4, 0.5) is 10.5 Å². The number of rotatable bonds is 3. The van der Waals surface area contributed by atoms with Crippen molar-refractivity contribution in [1.29, 1.82) is 0 Å². The Labute approximate surface area is 87.1 Å². The molecule has 0 aliphatic heterocycles. The van der Waals surface area contributed by atoms with Gasteiger partial charge in [0.2, 0.25) is 0 Å².